The highest BCUT2D eigenvalue weighted by molar-refractivity contribution is 7.86. The molecule has 6 heteroatoms. The number of nitrogens with zero attached hydrogens (tertiary/aromatic N) is 2. The van der Waals surface area contributed by atoms with Gasteiger partial charge in [-0.15, -0.1) is 0 Å². The first-order valence-electron chi connectivity index (χ1n) is 7.97. The fourth-order valence-corrected chi connectivity index (χ4v) is 5.52. The van der Waals surface area contributed by atoms with Gasteiger partial charge in [0.1, 0.15) is 0 Å². The van der Waals surface area contributed by atoms with E-state index in [1.54, 1.807) is 8.61 Å². The fraction of sp³-hybridized carbons (Fsp3) is 1.00. The molecule has 1 saturated heterocycles. The van der Waals surface area contributed by atoms with Crippen LogP contribution in [0.1, 0.15) is 52.4 Å². The van der Waals surface area contributed by atoms with Gasteiger partial charge in [0.2, 0.25) is 0 Å². The molecule has 0 aromatic carbocycles. The van der Waals surface area contributed by atoms with E-state index >= 15 is 0 Å². The van der Waals surface area contributed by atoms with E-state index in [4.69, 9.17) is 5.73 Å². The second-order valence-corrected chi connectivity index (χ2v) is 8.27. The molecule has 1 heterocycles. The van der Waals surface area contributed by atoms with Crippen molar-refractivity contribution in [3.8, 4) is 0 Å². The lowest BCUT2D eigenvalue weighted by atomic mass is 9.92. The van der Waals surface area contributed by atoms with Gasteiger partial charge in [-0.2, -0.15) is 17.0 Å². The van der Waals surface area contributed by atoms with Gasteiger partial charge in [-0.3, -0.25) is 0 Å². The molecule has 0 aromatic heterocycles. The van der Waals surface area contributed by atoms with Crippen LogP contribution in [0.5, 0.6) is 0 Å². The Labute approximate surface area is 123 Å². The zero-order valence-electron chi connectivity index (χ0n) is 12.8. The predicted octanol–water partition coefficient (Wildman–Crippen LogP) is 1.55. The van der Waals surface area contributed by atoms with Crippen LogP contribution in [0.25, 0.3) is 0 Å². The summed E-state index contributed by atoms with van der Waals surface area (Å²) in [6, 6.07) is 0.393. The van der Waals surface area contributed by atoms with E-state index in [9.17, 15) is 8.42 Å². The van der Waals surface area contributed by atoms with Crippen LogP contribution in [0.3, 0.4) is 0 Å². The topological polar surface area (TPSA) is 66.6 Å². The Morgan fingerprint density at radius 2 is 1.85 bits per heavy atom. The van der Waals surface area contributed by atoms with Gasteiger partial charge in [-0.1, -0.05) is 13.8 Å². The minimum atomic E-state index is -3.30. The molecule has 0 radical (unpaired) electrons. The van der Waals surface area contributed by atoms with Crippen LogP contribution < -0.4 is 5.73 Å². The normalized spacial score (nSPS) is 33.5. The van der Waals surface area contributed by atoms with Crippen molar-refractivity contribution in [3.05, 3.63) is 0 Å². The zero-order chi connectivity index (χ0) is 14.8. The van der Waals surface area contributed by atoms with Crippen LogP contribution >= 0.6 is 0 Å². The largest absolute Gasteiger partial charge is 0.328 e. The van der Waals surface area contributed by atoms with Gasteiger partial charge in [0.15, 0.2) is 0 Å². The molecule has 1 unspecified atom stereocenters. The fourth-order valence-electron chi connectivity index (χ4n) is 3.50. The molecule has 20 heavy (non-hydrogen) atoms. The molecule has 118 valence electrons. The lowest BCUT2D eigenvalue weighted by Gasteiger charge is -2.39. The Morgan fingerprint density at radius 3 is 2.40 bits per heavy atom. The van der Waals surface area contributed by atoms with Gasteiger partial charge >= 0.3 is 0 Å². The van der Waals surface area contributed by atoms with E-state index in [0.717, 1.165) is 38.5 Å². The van der Waals surface area contributed by atoms with Gasteiger partial charge in [-0.05, 0) is 44.4 Å². The number of hydrogen-bond donors (Lipinski definition) is 1. The summed E-state index contributed by atoms with van der Waals surface area (Å²) in [4.78, 5) is 0. The average molecular weight is 303 g/mol. The highest BCUT2D eigenvalue weighted by Crippen LogP contribution is 2.27. The second kappa shape index (κ2) is 6.73. The molecule has 5 nitrogen and oxygen atoms in total. The smallest absolute Gasteiger partial charge is 0.282 e. The maximum atomic E-state index is 12.9. The molecule has 1 saturated carbocycles. The van der Waals surface area contributed by atoms with Gasteiger partial charge in [0.05, 0.1) is 0 Å². The molecular formula is C14H29N3O2S. The molecule has 2 N–H and O–H groups in total. The van der Waals surface area contributed by atoms with E-state index in [2.05, 4.69) is 6.92 Å². The van der Waals surface area contributed by atoms with E-state index in [1.165, 1.54) is 0 Å². The van der Waals surface area contributed by atoms with Crippen LogP contribution in [-0.2, 0) is 10.2 Å². The van der Waals surface area contributed by atoms with Crippen molar-refractivity contribution in [2.75, 3.05) is 19.6 Å². The molecule has 0 spiro atoms. The summed E-state index contributed by atoms with van der Waals surface area (Å²) in [7, 11) is -3.30. The molecule has 1 aliphatic heterocycles. The predicted molar refractivity (Wildman–Crippen MR) is 81.5 cm³/mol. The van der Waals surface area contributed by atoms with Crippen molar-refractivity contribution in [1.29, 1.82) is 0 Å². The summed E-state index contributed by atoms with van der Waals surface area (Å²) in [6.07, 6.45) is 5.79. The number of hydrogen-bond acceptors (Lipinski definition) is 3. The van der Waals surface area contributed by atoms with E-state index < -0.39 is 10.2 Å². The zero-order valence-corrected chi connectivity index (χ0v) is 13.6. The van der Waals surface area contributed by atoms with Crippen LogP contribution in [0.4, 0.5) is 0 Å². The van der Waals surface area contributed by atoms with Crippen LogP contribution in [0.2, 0.25) is 0 Å². The SMILES string of the molecule is CCN(C1CCC(N)CC1)S(=O)(=O)N1CCCC(C)C1. The minimum Gasteiger partial charge on any atom is -0.328 e. The highest BCUT2D eigenvalue weighted by Gasteiger charge is 2.36. The Kier molecular flexibility index (Phi) is 5.45. The van der Waals surface area contributed by atoms with Gasteiger partial charge in [0, 0.05) is 31.7 Å². The van der Waals surface area contributed by atoms with Crippen molar-refractivity contribution in [2.24, 2.45) is 11.7 Å². The molecule has 0 amide bonds. The number of piperidine rings is 1. The van der Waals surface area contributed by atoms with Crippen molar-refractivity contribution >= 4 is 10.2 Å². The molecule has 0 bridgehead atoms. The summed E-state index contributed by atoms with van der Waals surface area (Å²) in [5.74, 6) is 0.469. The molecule has 1 atom stereocenters. The summed E-state index contributed by atoms with van der Waals surface area (Å²) < 4.78 is 29.1. The van der Waals surface area contributed by atoms with Crippen LogP contribution in [-0.4, -0.2) is 48.7 Å². The second-order valence-electron chi connectivity index (χ2n) is 6.39. The third kappa shape index (κ3) is 3.53. The summed E-state index contributed by atoms with van der Waals surface area (Å²) in [6.45, 7) is 5.99. The van der Waals surface area contributed by atoms with Crippen molar-refractivity contribution < 1.29 is 8.42 Å². The molecule has 2 fully saturated rings. The van der Waals surface area contributed by atoms with Gasteiger partial charge in [-0.25, -0.2) is 0 Å². The summed E-state index contributed by atoms with van der Waals surface area (Å²) in [5, 5.41) is 0. The summed E-state index contributed by atoms with van der Waals surface area (Å²) >= 11 is 0. The average Bonchev–Trinajstić information content (AvgIpc) is 2.41. The molecular weight excluding hydrogens is 274 g/mol. The summed E-state index contributed by atoms with van der Waals surface area (Å²) in [5.41, 5.74) is 5.93. The van der Waals surface area contributed by atoms with Crippen molar-refractivity contribution in [3.63, 3.8) is 0 Å². The molecule has 2 rings (SSSR count). The monoisotopic (exact) mass is 303 g/mol. The third-order valence-electron chi connectivity index (χ3n) is 4.70. The molecule has 0 aromatic rings. The quantitative estimate of drug-likeness (QED) is 0.857. The third-order valence-corrected chi connectivity index (χ3v) is 6.84. The van der Waals surface area contributed by atoms with Gasteiger partial charge < -0.3 is 5.73 Å². The first-order chi connectivity index (χ1) is 9.45. The van der Waals surface area contributed by atoms with Crippen LogP contribution in [0, 0.1) is 5.92 Å². The van der Waals surface area contributed by atoms with E-state index in [-0.39, 0.29) is 12.1 Å². The van der Waals surface area contributed by atoms with E-state index in [1.807, 2.05) is 6.92 Å². The number of nitrogens with two attached hydrogens (primary N) is 1. The molecule has 2 aliphatic rings. The Hall–Kier alpha value is -0.170. The first kappa shape index (κ1) is 16.2. The Morgan fingerprint density at radius 1 is 1.20 bits per heavy atom. The lowest BCUT2D eigenvalue weighted by Crippen LogP contribution is -2.52. The Bertz CT molecular complexity index is 405. The number of rotatable bonds is 4. The maximum absolute atomic E-state index is 12.9. The van der Waals surface area contributed by atoms with Gasteiger partial charge in [0.25, 0.3) is 10.2 Å². The lowest BCUT2D eigenvalue weighted by molar-refractivity contribution is 0.211. The standard InChI is InChI=1S/C14H29N3O2S/c1-3-17(14-8-6-13(15)7-9-14)20(18,19)16-10-4-5-12(2)11-16/h12-14H,3-11,15H2,1-2H3. The van der Waals surface area contributed by atoms with Crippen molar-refractivity contribution in [1.82, 2.24) is 8.61 Å². The van der Waals surface area contributed by atoms with Crippen molar-refractivity contribution in [2.45, 2.75) is 64.5 Å². The maximum Gasteiger partial charge on any atom is 0.282 e. The van der Waals surface area contributed by atoms with E-state index in [0.29, 0.717) is 25.6 Å². The highest BCUT2D eigenvalue weighted by atomic mass is 32.2. The first-order valence-corrected chi connectivity index (χ1v) is 9.37. The Balaban J connectivity index is 2.08. The minimum absolute atomic E-state index is 0.141. The molecule has 1 aliphatic carbocycles. The van der Waals surface area contributed by atoms with Crippen LogP contribution in [0.15, 0.2) is 0 Å².